The standard InChI is InChI=1S/C16H27N3O4S/c1-4-17-16(18-9-10-23-11-12-24(3,20)21)19-13-14-7-5-6-8-15(14)22-2/h5-8H,4,9-13H2,1-3H3,(H2,17,18,19). The maximum atomic E-state index is 11.0. The molecule has 8 heteroatoms. The van der Waals surface area contributed by atoms with Gasteiger partial charge in [0.1, 0.15) is 15.6 Å². The van der Waals surface area contributed by atoms with Crippen LogP contribution in [0.4, 0.5) is 0 Å². The number of guanidine groups is 1. The maximum absolute atomic E-state index is 11.0. The Kier molecular flexibility index (Phi) is 9.18. The normalized spacial score (nSPS) is 12.0. The fourth-order valence-corrected chi connectivity index (χ4v) is 2.31. The minimum Gasteiger partial charge on any atom is -0.496 e. The Balaban J connectivity index is 2.42. The third-order valence-electron chi connectivity index (χ3n) is 3.08. The van der Waals surface area contributed by atoms with Gasteiger partial charge in [-0.15, -0.1) is 0 Å². The van der Waals surface area contributed by atoms with Gasteiger partial charge in [0.05, 0.1) is 32.6 Å². The fraction of sp³-hybridized carbons (Fsp3) is 0.562. The van der Waals surface area contributed by atoms with E-state index in [9.17, 15) is 8.42 Å². The van der Waals surface area contributed by atoms with Crippen LogP contribution in [-0.2, 0) is 21.1 Å². The van der Waals surface area contributed by atoms with Gasteiger partial charge in [-0.1, -0.05) is 18.2 Å². The molecule has 0 bridgehead atoms. The van der Waals surface area contributed by atoms with Crippen molar-refractivity contribution >= 4 is 15.8 Å². The summed E-state index contributed by atoms with van der Waals surface area (Å²) in [7, 11) is -1.34. The molecule has 1 rings (SSSR count). The highest BCUT2D eigenvalue weighted by Crippen LogP contribution is 2.17. The zero-order valence-electron chi connectivity index (χ0n) is 14.5. The van der Waals surface area contributed by atoms with Crippen molar-refractivity contribution in [3.8, 4) is 5.75 Å². The number of para-hydroxylation sites is 1. The molecule has 0 saturated carbocycles. The molecule has 0 spiro atoms. The number of benzene rings is 1. The molecule has 0 fully saturated rings. The number of aliphatic imine (C=N–C) groups is 1. The second kappa shape index (κ2) is 10.9. The summed E-state index contributed by atoms with van der Waals surface area (Å²) in [6.07, 6.45) is 1.20. The summed E-state index contributed by atoms with van der Waals surface area (Å²) in [5, 5.41) is 6.30. The number of nitrogens with zero attached hydrogens (tertiary/aromatic N) is 1. The van der Waals surface area contributed by atoms with E-state index in [0.29, 0.717) is 25.7 Å². The van der Waals surface area contributed by atoms with Gasteiger partial charge in [0.2, 0.25) is 0 Å². The van der Waals surface area contributed by atoms with Crippen LogP contribution in [0.15, 0.2) is 29.3 Å². The average Bonchev–Trinajstić information content (AvgIpc) is 2.54. The van der Waals surface area contributed by atoms with Crippen molar-refractivity contribution in [3.05, 3.63) is 29.8 Å². The number of rotatable bonds is 10. The zero-order chi connectivity index (χ0) is 17.8. The van der Waals surface area contributed by atoms with E-state index in [1.165, 1.54) is 6.26 Å². The Labute approximate surface area is 144 Å². The van der Waals surface area contributed by atoms with Crippen LogP contribution in [0.2, 0.25) is 0 Å². The Morgan fingerprint density at radius 3 is 2.62 bits per heavy atom. The molecule has 2 N–H and O–H groups in total. The first-order valence-corrected chi connectivity index (χ1v) is 9.92. The van der Waals surface area contributed by atoms with Crippen molar-refractivity contribution in [2.75, 3.05) is 45.4 Å². The molecular weight excluding hydrogens is 330 g/mol. The lowest BCUT2D eigenvalue weighted by molar-refractivity contribution is 0.154. The van der Waals surface area contributed by atoms with Crippen molar-refractivity contribution in [1.29, 1.82) is 0 Å². The van der Waals surface area contributed by atoms with Gasteiger partial charge in [-0.3, -0.25) is 0 Å². The third-order valence-corrected chi connectivity index (χ3v) is 3.99. The minimum atomic E-state index is -2.98. The fourth-order valence-electron chi connectivity index (χ4n) is 1.89. The van der Waals surface area contributed by atoms with Crippen molar-refractivity contribution in [3.63, 3.8) is 0 Å². The average molecular weight is 357 g/mol. The molecule has 1 aromatic carbocycles. The molecule has 1 aromatic rings. The molecule has 0 atom stereocenters. The third kappa shape index (κ3) is 8.73. The summed E-state index contributed by atoms with van der Waals surface area (Å²) >= 11 is 0. The SMILES string of the molecule is CCNC(=NCc1ccccc1OC)NCCOCCS(C)(=O)=O. The largest absolute Gasteiger partial charge is 0.496 e. The molecule has 0 radical (unpaired) electrons. The Bertz CT molecular complexity index is 618. The number of ether oxygens (including phenoxy) is 2. The molecule has 24 heavy (non-hydrogen) atoms. The molecule has 0 heterocycles. The van der Waals surface area contributed by atoms with Gasteiger partial charge in [0.25, 0.3) is 0 Å². The van der Waals surface area contributed by atoms with Crippen molar-refractivity contribution in [2.45, 2.75) is 13.5 Å². The van der Waals surface area contributed by atoms with Crippen LogP contribution in [0.25, 0.3) is 0 Å². The van der Waals surface area contributed by atoms with Gasteiger partial charge in [-0.25, -0.2) is 13.4 Å². The summed E-state index contributed by atoms with van der Waals surface area (Å²) in [4.78, 5) is 4.51. The van der Waals surface area contributed by atoms with E-state index in [1.807, 2.05) is 31.2 Å². The summed E-state index contributed by atoms with van der Waals surface area (Å²) in [6, 6.07) is 7.74. The van der Waals surface area contributed by atoms with E-state index in [1.54, 1.807) is 7.11 Å². The first-order valence-electron chi connectivity index (χ1n) is 7.85. The van der Waals surface area contributed by atoms with E-state index in [4.69, 9.17) is 9.47 Å². The summed E-state index contributed by atoms with van der Waals surface area (Å²) in [6.45, 7) is 4.38. The van der Waals surface area contributed by atoms with Crippen molar-refractivity contribution < 1.29 is 17.9 Å². The number of hydrogen-bond donors (Lipinski definition) is 2. The van der Waals surface area contributed by atoms with E-state index in [2.05, 4.69) is 15.6 Å². The summed E-state index contributed by atoms with van der Waals surface area (Å²) in [5.74, 6) is 1.52. The molecular formula is C16H27N3O4S. The topological polar surface area (TPSA) is 89.0 Å². The molecule has 0 aliphatic rings. The lowest BCUT2D eigenvalue weighted by atomic mass is 10.2. The predicted molar refractivity (Wildman–Crippen MR) is 96.3 cm³/mol. The second-order valence-electron chi connectivity index (χ2n) is 5.18. The molecule has 0 aliphatic heterocycles. The Morgan fingerprint density at radius 1 is 1.21 bits per heavy atom. The summed E-state index contributed by atoms with van der Waals surface area (Å²) < 4.78 is 32.6. The molecule has 0 saturated heterocycles. The van der Waals surface area contributed by atoms with Crippen LogP contribution in [-0.4, -0.2) is 59.8 Å². The van der Waals surface area contributed by atoms with Gasteiger partial charge in [-0.05, 0) is 13.0 Å². The van der Waals surface area contributed by atoms with Crippen LogP contribution in [0.1, 0.15) is 12.5 Å². The molecule has 0 aromatic heterocycles. The van der Waals surface area contributed by atoms with Crippen molar-refractivity contribution in [1.82, 2.24) is 10.6 Å². The first kappa shape index (κ1) is 20.2. The number of sulfone groups is 1. The van der Waals surface area contributed by atoms with E-state index >= 15 is 0 Å². The van der Waals surface area contributed by atoms with Gasteiger partial charge in [0, 0.05) is 24.9 Å². The smallest absolute Gasteiger partial charge is 0.191 e. The zero-order valence-corrected chi connectivity index (χ0v) is 15.4. The van der Waals surface area contributed by atoms with E-state index in [0.717, 1.165) is 17.9 Å². The Morgan fingerprint density at radius 2 is 1.96 bits per heavy atom. The first-order chi connectivity index (χ1) is 11.5. The molecule has 7 nitrogen and oxygen atoms in total. The predicted octanol–water partition coefficient (Wildman–Crippen LogP) is 0.812. The van der Waals surface area contributed by atoms with Crippen LogP contribution in [0, 0.1) is 0 Å². The quantitative estimate of drug-likeness (QED) is 0.366. The van der Waals surface area contributed by atoms with E-state index < -0.39 is 9.84 Å². The lowest BCUT2D eigenvalue weighted by Gasteiger charge is -2.12. The monoisotopic (exact) mass is 357 g/mol. The van der Waals surface area contributed by atoms with Crippen molar-refractivity contribution in [2.24, 2.45) is 4.99 Å². The van der Waals surface area contributed by atoms with E-state index in [-0.39, 0.29) is 12.4 Å². The van der Waals surface area contributed by atoms with Crippen LogP contribution in [0.5, 0.6) is 5.75 Å². The highest BCUT2D eigenvalue weighted by molar-refractivity contribution is 7.90. The van der Waals surface area contributed by atoms with Crippen LogP contribution < -0.4 is 15.4 Å². The molecule has 0 unspecified atom stereocenters. The summed E-state index contributed by atoms with van der Waals surface area (Å²) in [5.41, 5.74) is 1.00. The van der Waals surface area contributed by atoms with Gasteiger partial charge >= 0.3 is 0 Å². The second-order valence-corrected chi connectivity index (χ2v) is 7.44. The number of nitrogens with one attached hydrogen (secondary N) is 2. The highest BCUT2D eigenvalue weighted by Gasteiger charge is 2.03. The molecule has 0 aliphatic carbocycles. The number of hydrogen-bond acceptors (Lipinski definition) is 5. The van der Waals surface area contributed by atoms with Gasteiger partial charge in [-0.2, -0.15) is 0 Å². The Hall–Kier alpha value is -1.80. The molecule has 0 amide bonds. The van der Waals surface area contributed by atoms with Crippen LogP contribution in [0.3, 0.4) is 0 Å². The molecule has 136 valence electrons. The van der Waals surface area contributed by atoms with Gasteiger partial charge < -0.3 is 20.1 Å². The minimum absolute atomic E-state index is 0.0367. The lowest BCUT2D eigenvalue weighted by Crippen LogP contribution is -2.39. The maximum Gasteiger partial charge on any atom is 0.191 e. The van der Waals surface area contributed by atoms with Crippen LogP contribution >= 0.6 is 0 Å². The number of methoxy groups -OCH3 is 1. The highest BCUT2D eigenvalue weighted by atomic mass is 32.2. The van der Waals surface area contributed by atoms with Gasteiger partial charge in [0.15, 0.2) is 5.96 Å².